The van der Waals surface area contributed by atoms with E-state index in [-0.39, 0.29) is 32.0 Å². The van der Waals surface area contributed by atoms with Gasteiger partial charge >= 0.3 is 11.9 Å². The van der Waals surface area contributed by atoms with Crippen LogP contribution in [-0.2, 0) is 27.2 Å². The van der Waals surface area contributed by atoms with Gasteiger partial charge in [0.2, 0.25) is 0 Å². The molecule has 0 amide bonds. The van der Waals surface area contributed by atoms with Crippen LogP contribution in [0.4, 0.5) is 0 Å². The molecule has 1 N–H and O–H groups in total. The van der Waals surface area contributed by atoms with E-state index in [2.05, 4.69) is 23.7 Å². The van der Waals surface area contributed by atoms with Gasteiger partial charge < -0.3 is 19.3 Å². The zero-order valence-corrected chi connectivity index (χ0v) is 24.4. The number of halogens is 2. The second kappa shape index (κ2) is 17.3. The maximum atomic E-state index is 11.6. The third-order valence-electron chi connectivity index (χ3n) is 5.37. The summed E-state index contributed by atoms with van der Waals surface area (Å²) in [5.41, 5.74) is 3.00. The Morgan fingerprint density at radius 3 is 1.79 bits per heavy atom. The molecule has 0 spiro atoms. The molecule has 0 fully saturated rings. The summed E-state index contributed by atoms with van der Waals surface area (Å²) in [5, 5.41) is 9.64. The minimum Gasteiger partial charge on any atom is -0.488 e. The Bertz CT molecular complexity index is 1580. The lowest BCUT2D eigenvalue weighted by Gasteiger charge is -2.07. The topological polar surface area (TPSA) is 82.1 Å². The van der Waals surface area contributed by atoms with Crippen LogP contribution in [-0.4, -0.2) is 36.9 Å². The molecule has 0 saturated carbocycles. The van der Waals surface area contributed by atoms with Crippen LogP contribution in [0.25, 0.3) is 0 Å². The number of esters is 1. The zero-order valence-electron chi connectivity index (χ0n) is 22.9. The number of ether oxygens (including phenoxy) is 3. The largest absolute Gasteiger partial charge is 0.488 e. The van der Waals surface area contributed by atoms with E-state index in [9.17, 15) is 9.59 Å². The fourth-order valence-corrected chi connectivity index (χ4v) is 4.03. The van der Waals surface area contributed by atoms with E-state index in [1.807, 2.05) is 24.3 Å². The summed E-state index contributed by atoms with van der Waals surface area (Å²) in [4.78, 5) is 22.4. The Labute approximate surface area is 255 Å². The van der Waals surface area contributed by atoms with Crippen molar-refractivity contribution in [2.45, 2.75) is 19.8 Å². The molecule has 0 aliphatic rings. The Morgan fingerprint density at radius 2 is 1.31 bits per heavy atom. The number of rotatable bonds is 11. The molecule has 0 bridgehead atoms. The van der Waals surface area contributed by atoms with Crippen LogP contribution in [0.15, 0.2) is 85.0 Å². The van der Waals surface area contributed by atoms with Crippen LogP contribution in [0.2, 0.25) is 10.0 Å². The molecule has 0 atom stereocenters. The van der Waals surface area contributed by atoms with Crippen LogP contribution in [0.3, 0.4) is 0 Å². The number of carbonyl (C=O) groups excluding carboxylic acids is 1. The molecule has 214 valence electrons. The van der Waals surface area contributed by atoms with E-state index in [0.29, 0.717) is 33.7 Å². The van der Waals surface area contributed by atoms with Gasteiger partial charge in [0, 0.05) is 11.1 Å². The molecule has 0 unspecified atom stereocenters. The molecular formula is C34H28Cl2O6. The van der Waals surface area contributed by atoms with Crippen molar-refractivity contribution in [3.63, 3.8) is 0 Å². The lowest BCUT2D eigenvalue weighted by Crippen LogP contribution is -2.07. The molecule has 3 aromatic carbocycles. The van der Waals surface area contributed by atoms with Crippen LogP contribution in [0, 0.1) is 23.7 Å². The summed E-state index contributed by atoms with van der Waals surface area (Å²) in [6.07, 6.45) is 7.00. The molecule has 42 heavy (non-hydrogen) atoms. The predicted molar refractivity (Wildman–Crippen MR) is 164 cm³/mol. The van der Waals surface area contributed by atoms with Crippen LogP contribution in [0.1, 0.15) is 29.2 Å². The van der Waals surface area contributed by atoms with E-state index in [4.69, 9.17) is 42.5 Å². The maximum Gasteiger partial charge on any atom is 0.310 e. The summed E-state index contributed by atoms with van der Waals surface area (Å²) in [6.45, 7) is 2.66. The highest BCUT2D eigenvalue weighted by Crippen LogP contribution is 2.26. The van der Waals surface area contributed by atoms with E-state index in [0.717, 1.165) is 16.7 Å². The Hall–Kier alpha value is -4.62. The molecule has 0 heterocycles. The quantitative estimate of drug-likeness (QED) is 0.194. The lowest BCUT2D eigenvalue weighted by atomic mass is 10.1. The van der Waals surface area contributed by atoms with E-state index >= 15 is 0 Å². The van der Waals surface area contributed by atoms with Gasteiger partial charge in [-0.3, -0.25) is 9.59 Å². The first-order valence-electron chi connectivity index (χ1n) is 13.0. The summed E-state index contributed by atoms with van der Waals surface area (Å²) in [7, 11) is 0. The normalized spacial score (nSPS) is 10.5. The highest BCUT2D eigenvalue weighted by Gasteiger charge is 2.08. The van der Waals surface area contributed by atoms with E-state index < -0.39 is 5.97 Å². The molecule has 0 aliphatic carbocycles. The highest BCUT2D eigenvalue weighted by molar-refractivity contribution is 6.32. The van der Waals surface area contributed by atoms with Crippen molar-refractivity contribution in [3.8, 4) is 35.2 Å². The molecule has 3 rings (SSSR count). The van der Waals surface area contributed by atoms with Gasteiger partial charge in [0.15, 0.2) is 0 Å². The molecule has 0 aromatic heterocycles. The molecule has 0 aliphatic heterocycles. The van der Waals surface area contributed by atoms with Crippen molar-refractivity contribution < 1.29 is 28.9 Å². The van der Waals surface area contributed by atoms with E-state index in [1.54, 1.807) is 67.6 Å². The third kappa shape index (κ3) is 11.5. The van der Waals surface area contributed by atoms with Crippen molar-refractivity contribution in [2.75, 3.05) is 19.8 Å². The first-order chi connectivity index (χ1) is 20.3. The second-order valence-corrected chi connectivity index (χ2v) is 9.44. The minimum absolute atomic E-state index is 0.0955. The first-order valence-corrected chi connectivity index (χ1v) is 13.7. The van der Waals surface area contributed by atoms with Crippen molar-refractivity contribution in [1.29, 1.82) is 0 Å². The Kier molecular flexibility index (Phi) is 13.1. The minimum atomic E-state index is -0.919. The predicted octanol–water partition coefficient (Wildman–Crippen LogP) is 6.70. The average Bonchev–Trinajstić information content (AvgIpc) is 2.94. The molecule has 0 saturated heterocycles. The van der Waals surface area contributed by atoms with Crippen LogP contribution >= 0.6 is 23.2 Å². The van der Waals surface area contributed by atoms with Gasteiger partial charge in [-0.25, -0.2) is 0 Å². The van der Waals surface area contributed by atoms with Gasteiger partial charge in [0.05, 0.1) is 29.5 Å². The molecule has 8 heteroatoms. The number of hydrogen-bond donors (Lipinski definition) is 1. The monoisotopic (exact) mass is 602 g/mol. The molecular weight excluding hydrogens is 575 g/mol. The maximum absolute atomic E-state index is 11.6. The van der Waals surface area contributed by atoms with Crippen LogP contribution in [0.5, 0.6) is 11.5 Å². The first kappa shape index (κ1) is 31.9. The lowest BCUT2D eigenvalue weighted by molar-refractivity contribution is -0.142. The summed E-state index contributed by atoms with van der Waals surface area (Å²) in [6, 6.07) is 17.7. The highest BCUT2D eigenvalue weighted by atomic mass is 35.5. The number of hydrogen-bond acceptors (Lipinski definition) is 5. The SMILES string of the molecule is CCOC(=O)Cc1ccc(OC/C=C/C#Cc2cccc(C#C/C=C/COc3ccc(CC(=O)O)cc3Cl)c2)c(Cl)c1. The molecule has 3 aromatic rings. The van der Waals surface area contributed by atoms with Gasteiger partial charge in [-0.1, -0.05) is 65.1 Å². The van der Waals surface area contributed by atoms with Crippen molar-refractivity contribution in [2.24, 2.45) is 0 Å². The van der Waals surface area contributed by atoms with Gasteiger partial charge in [-0.2, -0.15) is 0 Å². The number of carbonyl (C=O) groups is 2. The number of carboxylic acids is 1. The summed E-state index contributed by atoms with van der Waals surface area (Å²) < 4.78 is 16.2. The number of benzene rings is 3. The fourth-order valence-electron chi connectivity index (χ4n) is 3.51. The van der Waals surface area contributed by atoms with E-state index in [1.165, 1.54) is 0 Å². The molecule has 6 nitrogen and oxygen atoms in total. The third-order valence-corrected chi connectivity index (χ3v) is 5.96. The standard InChI is InChI=1S/C34H28Cl2O6/c1-2-40-34(39)24-28-15-17-32(30(36)22-28)42-19-8-4-6-11-26-13-9-12-25(20-26)10-5-3-7-18-41-31-16-14-27(21-29(31)35)23-33(37)38/h3-4,7-9,12-17,20-22H,2,18-19,23-24H2,1H3,(H,37,38)/b7-3+,8-4+. The van der Waals surface area contributed by atoms with Crippen LogP contribution < -0.4 is 9.47 Å². The molecule has 0 radical (unpaired) electrons. The van der Waals surface area contributed by atoms with Gasteiger partial charge in [-0.05, 0) is 84.8 Å². The number of aliphatic carboxylic acids is 1. The number of allylic oxidation sites excluding steroid dienone is 2. The summed E-state index contributed by atoms with van der Waals surface area (Å²) in [5.74, 6) is 11.8. The average molecular weight is 603 g/mol. The number of carboxylic acid groups (broad SMARTS) is 1. The van der Waals surface area contributed by atoms with Crippen molar-refractivity contribution >= 4 is 35.1 Å². The van der Waals surface area contributed by atoms with Gasteiger partial charge in [0.25, 0.3) is 0 Å². The fraction of sp³-hybridized carbons (Fsp3) is 0.176. The Morgan fingerprint density at radius 1 is 0.786 bits per heavy atom. The van der Waals surface area contributed by atoms with Gasteiger partial charge in [0.1, 0.15) is 24.7 Å². The Balaban J connectivity index is 1.44. The smallest absolute Gasteiger partial charge is 0.310 e. The van der Waals surface area contributed by atoms with Gasteiger partial charge in [-0.15, -0.1) is 0 Å². The summed E-state index contributed by atoms with van der Waals surface area (Å²) >= 11 is 12.4. The second-order valence-electron chi connectivity index (χ2n) is 8.63. The van der Waals surface area contributed by atoms with Crippen molar-refractivity contribution in [3.05, 3.63) is 117 Å². The zero-order chi connectivity index (χ0) is 30.2. The van der Waals surface area contributed by atoms with Crippen molar-refractivity contribution in [1.82, 2.24) is 0 Å².